The zero-order chi connectivity index (χ0) is 18.9. The Labute approximate surface area is 157 Å². The summed E-state index contributed by atoms with van der Waals surface area (Å²) in [4.78, 5) is 0.159. The lowest BCUT2D eigenvalue weighted by Crippen LogP contribution is -2.10. The third kappa shape index (κ3) is 3.83. The SMILES string of the molecule is CCNc1c(S(C)=O)c(C#N)nn1-c1c(Cl)cc(C(F)(F)F)cc1Br. The maximum atomic E-state index is 12.9. The van der Waals surface area contributed by atoms with Crippen molar-refractivity contribution in [1.29, 1.82) is 5.26 Å². The smallest absolute Gasteiger partial charge is 0.369 e. The summed E-state index contributed by atoms with van der Waals surface area (Å²) in [7, 11) is -1.54. The van der Waals surface area contributed by atoms with Crippen molar-refractivity contribution in [2.75, 3.05) is 18.1 Å². The summed E-state index contributed by atoms with van der Waals surface area (Å²) in [5.74, 6) is 0.238. The third-order valence-corrected chi connectivity index (χ3v) is 4.99. The molecule has 1 unspecified atom stereocenters. The lowest BCUT2D eigenvalue weighted by atomic mass is 10.2. The lowest BCUT2D eigenvalue weighted by molar-refractivity contribution is -0.137. The number of hydrogen-bond acceptors (Lipinski definition) is 4. The van der Waals surface area contributed by atoms with Crippen LogP contribution in [0.5, 0.6) is 0 Å². The van der Waals surface area contributed by atoms with Crippen LogP contribution in [0, 0.1) is 11.3 Å². The van der Waals surface area contributed by atoms with E-state index >= 15 is 0 Å². The van der Waals surface area contributed by atoms with E-state index < -0.39 is 22.5 Å². The fourth-order valence-electron chi connectivity index (χ4n) is 2.17. The van der Waals surface area contributed by atoms with Crippen LogP contribution in [0.1, 0.15) is 18.2 Å². The quantitative estimate of drug-likeness (QED) is 0.744. The molecule has 25 heavy (non-hydrogen) atoms. The number of nitrogens with one attached hydrogen (secondary N) is 1. The minimum atomic E-state index is -4.56. The van der Waals surface area contributed by atoms with Gasteiger partial charge in [-0.3, -0.25) is 4.21 Å². The van der Waals surface area contributed by atoms with Gasteiger partial charge in [-0.05, 0) is 35.0 Å². The van der Waals surface area contributed by atoms with Gasteiger partial charge in [-0.1, -0.05) is 11.6 Å². The molecule has 0 saturated heterocycles. The molecule has 0 aliphatic carbocycles. The van der Waals surface area contributed by atoms with Crippen molar-refractivity contribution in [2.45, 2.75) is 18.0 Å². The predicted molar refractivity (Wildman–Crippen MR) is 92.5 cm³/mol. The lowest BCUT2D eigenvalue weighted by Gasteiger charge is -2.15. The number of benzene rings is 1. The first-order chi connectivity index (χ1) is 11.6. The van der Waals surface area contributed by atoms with Gasteiger partial charge in [-0.15, -0.1) is 0 Å². The Morgan fingerprint density at radius 1 is 1.48 bits per heavy atom. The molecule has 134 valence electrons. The minimum absolute atomic E-state index is 0.0342. The molecule has 2 rings (SSSR count). The number of halogens is 5. The van der Waals surface area contributed by atoms with Crippen LogP contribution in [0.25, 0.3) is 5.69 Å². The highest BCUT2D eigenvalue weighted by Gasteiger charge is 2.33. The molecule has 2 aromatic rings. The maximum Gasteiger partial charge on any atom is 0.416 e. The van der Waals surface area contributed by atoms with Gasteiger partial charge in [-0.25, -0.2) is 4.68 Å². The summed E-state index contributed by atoms with van der Waals surface area (Å²) in [5, 5.41) is 16.0. The first-order valence-corrected chi connectivity index (χ1v) is 9.51. The standard InChI is InChI=1S/C14H11BrClF3N4OS/c1-3-21-13-12(25(2)24)10(6-20)22-23(13)11-8(15)4-7(5-9(11)16)14(17,18)19/h4-5,21H,3H2,1-2H3. The Balaban J connectivity index is 2.79. The van der Waals surface area contributed by atoms with E-state index in [1.165, 1.54) is 10.9 Å². The van der Waals surface area contributed by atoms with Crippen LogP contribution in [-0.4, -0.2) is 26.8 Å². The number of anilines is 1. The van der Waals surface area contributed by atoms with Gasteiger partial charge in [0.05, 0.1) is 27.1 Å². The zero-order valence-corrected chi connectivity index (χ0v) is 16.1. The van der Waals surface area contributed by atoms with E-state index in [1.807, 2.05) is 6.07 Å². The topological polar surface area (TPSA) is 70.7 Å². The maximum absolute atomic E-state index is 12.9. The number of hydrogen-bond donors (Lipinski definition) is 1. The van der Waals surface area contributed by atoms with E-state index in [1.54, 1.807) is 6.92 Å². The molecule has 1 aromatic carbocycles. The molecule has 0 saturated carbocycles. The van der Waals surface area contributed by atoms with Gasteiger partial charge in [0.2, 0.25) is 0 Å². The minimum Gasteiger partial charge on any atom is -0.369 e. The van der Waals surface area contributed by atoms with Crippen molar-refractivity contribution in [3.05, 3.63) is 32.9 Å². The summed E-state index contributed by atoms with van der Waals surface area (Å²) in [6, 6.07) is 3.48. The molecular formula is C14H11BrClF3N4OS. The van der Waals surface area contributed by atoms with E-state index in [0.717, 1.165) is 12.1 Å². The van der Waals surface area contributed by atoms with Gasteiger partial charge in [0.1, 0.15) is 16.8 Å². The molecule has 11 heteroatoms. The van der Waals surface area contributed by atoms with Crippen molar-refractivity contribution < 1.29 is 17.4 Å². The van der Waals surface area contributed by atoms with Crippen molar-refractivity contribution in [3.8, 4) is 11.8 Å². The highest BCUT2D eigenvalue weighted by molar-refractivity contribution is 9.10. The normalized spacial score (nSPS) is 12.7. The molecule has 1 N–H and O–H groups in total. The van der Waals surface area contributed by atoms with Crippen LogP contribution in [0.4, 0.5) is 19.0 Å². The summed E-state index contributed by atoms with van der Waals surface area (Å²) in [5.41, 5.74) is -0.913. The van der Waals surface area contributed by atoms with E-state index in [0.29, 0.717) is 6.54 Å². The van der Waals surface area contributed by atoms with Crippen LogP contribution < -0.4 is 5.32 Å². The molecule has 0 amide bonds. The van der Waals surface area contributed by atoms with Gasteiger partial charge in [0.25, 0.3) is 0 Å². The highest BCUT2D eigenvalue weighted by Crippen LogP contribution is 2.39. The second kappa shape index (κ2) is 7.35. The Bertz CT molecular complexity index is 868. The van der Waals surface area contributed by atoms with Crippen molar-refractivity contribution >= 4 is 44.1 Å². The molecule has 1 aromatic heterocycles. The van der Waals surface area contributed by atoms with E-state index in [9.17, 15) is 22.6 Å². The molecule has 5 nitrogen and oxygen atoms in total. The van der Waals surface area contributed by atoms with Crippen LogP contribution >= 0.6 is 27.5 Å². The fourth-order valence-corrected chi connectivity index (χ4v) is 4.00. The zero-order valence-electron chi connectivity index (χ0n) is 12.9. The molecule has 0 spiro atoms. The van der Waals surface area contributed by atoms with Gasteiger partial charge in [0, 0.05) is 17.3 Å². The van der Waals surface area contributed by atoms with E-state index in [-0.39, 0.29) is 31.6 Å². The van der Waals surface area contributed by atoms with E-state index in [2.05, 4.69) is 26.3 Å². The van der Waals surface area contributed by atoms with Crippen molar-refractivity contribution in [1.82, 2.24) is 9.78 Å². The molecule has 0 aliphatic heterocycles. The molecule has 1 heterocycles. The molecule has 0 radical (unpaired) electrons. The van der Waals surface area contributed by atoms with Gasteiger partial charge >= 0.3 is 6.18 Å². The van der Waals surface area contributed by atoms with Crippen LogP contribution in [-0.2, 0) is 17.0 Å². The summed E-state index contributed by atoms with van der Waals surface area (Å²) in [6.45, 7) is 2.19. The number of nitriles is 1. The second-order valence-electron chi connectivity index (χ2n) is 4.82. The fraction of sp³-hybridized carbons (Fsp3) is 0.286. The average Bonchev–Trinajstić information content (AvgIpc) is 2.84. The number of nitrogens with zero attached hydrogens (tertiary/aromatic N) is 3. The Kier molecular flexibility index (Phi) is 5.81. The number of alkyl halides is 3. The van der Waals surface area contributed by atoms with Gasteiger partial charge in [-0.2, -0.15) is 23.5 Å². The van der Waals surface area contributed by atoms with Gasteiger partial charge in [0.15, 0.2) is 5.69 Å². The van der Waals surface area contributed by atoms with Crippen molar-refractivity contribution in [3.63, 3.8) is 0 Å². The summed E-state index contributed by atoms with van der Waals surface area (Å²) in [6.07, 6.45) is -3.18. The Morgan fingerprint density at radius 3 is 2.56 bits per heavy atom. The molecular weight excluding hydrogens is 445 g/mol. The molecule has 0 bridgehead atoms. The van der Waals surface area contributed by atoms with Gasteiger partial charge < -0.3 is 5.32 Å². The number of rotatable bonds is 4. The van der Waals surface area contributed by atoms with Crippen LogP contribution in [0.15, 0.2) is 21.5 Å². The Morgan fingerprint density at radius 2 is 2.12 bits per heavy atom. The monoisotopic (exact) mass is 454 g/mol. The second-order valence-corrected chi connectivity index (χ2v) is 7.40. The third-order valence-electron chi connectivity index (χ3n) is 3.14. The summed E-state index contributed by atoms with van der Waals surface area (Å²) >= 11 is 9.13. The van der Waals surface area contributed by atoms with Crippen molar-refractivity contribution in [2.24, 2.45) is 0 Å². The van der Waals surface area contributed by atoms with Crippen LogP contribution in [0.3, 0.4) is 0 Å². The van der Waals surface area contributed by atoms with Crippen LogP contribution in [0.2, 0.25) is 5.02 Å². The first kappa shape index (κ1) is 19.8. The average molecular weight is 456 g/mol. The Hall–Kier alpha value is -1.57. The largest absolute Gasteiger partial charge is 0.416 e. The molecule has 0 aliphatic rings. The van der Waals surface area contributed by atoms with E-state index in [4.69, 9.17) is 11.6 Å². The highest BCUT2D eigenvalue weighted by atomic mass is 79.9. The molecule has 0 fully saturated rings. The molecule has 1 atom stereocenters. The predicted octanol–water partition coefficient (Wildman–Crippen LogP) is 4.35. The first-order valence-electron chi connectivity index (χ1n) is 6.78. The number of aromatic nitrogens is 2. The summed E-state index contributed by atoms with van der Waals surface area (Å²) < 4.78 is 52.0.